The Hall–Kier alpha value is -0.610. The molecule has 15 heavy (non-hydrogen) atoms. The van der Waals surface area contributed by atoms with Crippen LogP contribution >= 0.6 is 0 Å². The highest BCUT2D eigenvalue weighted by atomic mass is 16.5. The third kappa shape index (κ3) is 2.49. The molecule has 2 saturated heterocycles. The van der Waals surface area contributed by atoms with E-state index in [4.69, 9.17) is 4.74 Å². The van der Waals surface area contributed by atoms with Gasteiger partial charge in [0.25, 0.3) is 0 Å². The SMILES string of the molecule is O=C(O)C(C1CCCCO1)N1CCCC1. The van der Waals surface area contributed by atoms with Crippen molar-refractivity contribution >= 4 is 5.97 Å². The molecule has 2 aliphatic heterocycles. The average molecular weight is 213 g/mol. The lowest BCUT2D eigenvalue weighted by Gasteiger charge is -2.33. The smallest absolute Gasteiger partial charge is 0.323 e. The van der Waals surface area contributed by atoms with Gasteiger partial charge in [0.05, 0.1) is 6.10 Å². The maximum absolute atomic E-state index is 11.3. The predicted molar refractivity (Wildman–Crippen MR) is 55.8 cm³/mol. The molecule has 0 saturated carbocycles. The molecule has 0 aromatic rings. The summed E-state index contributed by atoms with van der Waals surface area (Å²) in [4.78, 5) is 13.3. The molecule has 2 heterocycles. The van der Waals surface area contributed by atoms with Gasteiger partial charge in [-0.1, -0.05) is 0 Å². The van der Waals surface area contributed by atoms with Gasteiger partial charge in [-0.15, -0.1) is 0 Å². The number of hydrogen-bond acceptors (Lipinski definition) is 3. The van der Waals surface area contributed by atoms with Gasteiger partial charge in [0.1, 0.15) is 6.04 Å². The minimum absolute atomic E-state index is 0.0886. The van der Waals surface area contributed by atoms with Crippen LogP contribution in [0.15, 0.2) is 0 Å². The molecule has 4 heteroatoms. The molecule has 0 amide bonds. The molecule has 0 bridgehead atoms. The summed E-state index contributed by atoms with van der Waals surface area (Å²) in [6.07, 6.45) is 5.22. The second kappa shape index (κ2) is 4.94. The van der Waals surface area contributed by atoms with Gasteiger partial charge in [-0.25, -0.2) is 0 Å². The van der Waals surface area contributed by atoms with Gasteiger partial charge in [-0.3, -0.25) is 9.69 Å². The van der Waals surface area contributed by atoms with E-state index in [1.165, 1.54) is 0 Å². The average Bonchev–Trinajstić information content (AvgIpc) is 2.72. The van der Waals surface area contributed by atoms with Gasteiger partial charge in [0, 0.05) is 6.61 Å². The highest BCUT2D eigenvalue weighted by Gasteiger charge is 2.36. The maximum atomic E-state index is 11.3. The number of ether oxygens (including phenoxy) is 1. The van der Waals surface area contributed by atoms with E-state index in [0.717, 1.165) is 51.8 Å². The van der Waals surface area contributed by atoms with Gasteiger partial charge < -0.3 is 9.84 Å². The Kier molecular flexibility index (Phi) is 3.59. The van der Waals surface area contributed by atoms with Crippen LogP contribution in [0.25, 0.3) is 0 Å². The molecule has 86 valence electrons. The predicted octanol–water partition coefficient (Wildman–Crippen LogP) is 1.10. The number of hydrogen-bond donors (Lipinski definition) is 1. The highest BCUT2D eigenvalue weighted by Crippen LogP contribution is 2.22. The Morgan fingerprint density at radius 3 is 2.53 bits per heavy atom. The summed E-state index contributed by atoms with van der Waals surface area (Å²) in [7, 11) is 0. The number of carbonyl (C=O) groups is 1. The molecular weight excluding hydrogens is 194 g/mol. The standard InChI is InChI=1S/C11H19NO3/c13-11(14)10(12-6-2-3-7-12)9-5-1-4-8-15-9/h9-10H,1-8H2,(H,13,14). The molecule has 0 aromatic carbocycles. The summed E-state index contributed by atoms with van der Waals surface area (Å²) in [5, 5.41) is 9.26. The van der Waals surface area contributed by atoms with Crippen molar-refractivity contribution in [1.82, 2.24) is 4.90 Å². The van der Waals surface area contributed by atoms with Crippen molar-refractivity contribution in [1.29, 1.82) is 0 Å². The van der Waals surface area contributed by atoms with E-state index >= 15 is 0 Å². The van der Waals surface area contributed by atoms with Crippen molar-refractivity contribution in [3.05, 3.63) is 0 Å². The Balaban J connectivity index is 2.00. The molecule has 1 N–H and O–H groups in total. The Morgan fingerprint density at radius 1 is 1.27 bits per heavy atom. The first-order valence-electron chi connectivity index (χ1n) is 5.87. The molecule has 0 spiro atoms. The monoisotopic (exact) mass is 213 g/mol. The van der Waals surface area contributed by atoms with Gasteiger partial charge in [-0.05, 0) is 45.2 Å². The fourth-order valence-corrected chi connectivity index (χ4v) is 2.58. The summed E-state index contributed by atoms with van der Waals surface area (Å²) < 4.78 is 5.59. The fourth-order valence-electron chi connectivity index (χ4n) is 2.58. The summed E-state index contributed by atoms with van der Waals surface area (Å²) in [5.41, 5.74) is 0. The Morgan fingerprint density at radius 2 is 2.00 bits per heavy atom. The molecular formula is C11H19NO3. The zero-order chi connectivity index (χ0) is 10.7. The van der Waals surface area contributed by atoms with Crippen LogP contribution in [0.4, 0.5) is 0 Å². The summed E-state index contributed by atoms with van der Waals surface area (Å²) >= 11 is 0. The topological polar surface area (TPSA) is 49.8 Å². The first-order chi connectivity index (χ1) is 7.29. The quantitative estimate of drug-likeness (QED) is 0.763. The van der Waals surface area contributed by atoms with Crippen molar-refractivity contribution < 1.29 is 14.6 Å². The molecule has 2 unspecified atom stereocenters. The minimum atomic E-state index is -0.719. The highest BCUT2D eigenvalue weighted by molar-refractivity contribution is 5.74. The van der Waals surface area contributed by atoms with Gasteiger partial charge in [0.2, 0.25) is 0 Å². The summed E-state index contributed by atoms with van der Waals surface area (Å²) in [6.45, 7) is 2.55. The molecule has 0 radical (unpaired) electrons. The third-order valence-corrected chi connectivity index (χ3v) is 3.35. The number of rotatable bonds is 3. The first-order valence-corrected chi connectivity index (χ1v) is 5.87. The number of carboxylic acids is 1. The van der Waals surface area contributed by atoms with Crippen LogP contribution in [0.5, 0.6) is 0 Å². The molecule has 2 atom stereocenters. The molecule has 2 rings (SSSR count). The normalized spacial score (nSPS) is 30.3. The number of carboxylic acid groups (broad SMARTS) is 1. The molecule has 0 aromatic heterocycles. The van der Waals surface area contributed by atoms with Crippen LogP contribution < -0.4 is 0 Å². The maximum Gasteiger partial charge on any atom is 0.323 e. The molecule has 2 fully saturated rings. The zero-order valence-electron chi connectivity index (χ0n) is 9.02. The van der Waals surface area contributed by atoms with E-state index in [1.807, 2.05) is 0 Å². The van der Waals surface area contributed by atoms with Crippen LogP contribution in [-0.4, -0.2) is 47.8 Å². The van der Waals surface area contributed by atoms with E-state index in [-0.39, 0.29) is 6.10 Å². The van der Waals surface area contributed by atoms with Gasteiger partial charge in [-0.2, -0.15) is 0 Å². The zero-order valence-corrected chi connectivity index (χ0v) is 9.02. The lowest BCUT2D eigenvalue weighted by molar-refractivity contribution is -0.151. The van der Waals surface area contributed by atoms with Crippen LogP contribution in [0, 0.1) is 0 Å². The van der Waals surface area contributed by atoms with Crippen molar-refractivity contribution in [2.45, 2.75) is 44.2 Å². The summed E-state index contributed by atoms with van der Waals surface area (Å²) in [6, 6.07) is -0.409. The molecule has 2 aliphatic rings. The Labute approximate surface area is 90.2 Å². The van der Waals surface area contributed by atoms with Crippen LogP contribution in [0.3, 0.4) is 0 Å². The van der Waals surface area contributed by atoms with Crippen LogP contribution in [0.2, 0.25) is 0 Å². The van der Waals surface area contributed by atoms with Gasteiger partial charge in [0.15, 0.2) is 0 Å². The first kappa shape index (κ1) is 10.9. The van der Waals surface area contributed by atoms with E-state index in [0.29, 0.717) is 0 Å². The van der Waals surface area contributed by atoms with E-state index in [9.17, 15) is 9.90 Å². The van der Waals surface area contributed by atoms with Crippen LogP contribution in [0.1, 0.15) is 32.1 Å². The lowest BCUT2D eigenvalue weighted by Crippen LogP contribution is -2.49. The van der Waals surface area contributed by atoms with E-state index in [2.05, 4.69) is 4.90 Å². The largest absolute Gasteiger partial charge is 0.480 e. The number of aliphatic carboxylic acids is 1. The molecule has 0 aliphatic carbocycles. The second-order valence-electron chi connectivity index (χ2n) is 4.43. The number of likely N-dealkylation sites (tertiary alicyclic amines) is 1. The van der Waals surface area contributed by atoms with E-state index in [1.54, 1.807) is 0 Å². The van der Waals surface area contributed by atoms with Crippen molar-refractivity contribution in [2.24, 2.45) is 0 Å². The third-order valence-electron chi connectivity index (χ3n) is 3.35. The Bertz CT molecular complexity index is 220. The van der Waals surface area contributed by atoms with Crippen molar-refractivity contribution in [3.8, 4) is 0 Å². The summed E-state index contributed by atoms with van der Waals surface area (Å²) in [5.74, 6) is -0.719. The molecule has 4 nitrogen and oxygen atoms in total. The van der Waals surface area contributed by atoms with E-state index < -0.39 is 12.0 Å². The second-order valence-corrected chi connectivity index (χ2v) is 4.43. The van der Waals surface area contributed by atoms with Crippen LogP contribution in [-0.2, 0) is 9.53 Å². The minimum Gasteiger partial charge on any atom is -0.480 e. The fraction of sp³-hybridized carbons (Fsp3) is 0.909. The van der Waals surface area contributed by atoms with Crippen molar-refractivity contribution in [2.75, 3.05) is 19.7 Å². The number of nitrogens with zero attached hydrogens (tertiary/aromatic N) is 1. The van der Waals surface area contributed by atoms with Crippen molar-refractivity contribution in [3.63, 3.8) is 0 Å². The van der Waals surface area contributed by atoms with Gasteiger partial charge >= 0.3 is 5.97 Å². The lowest BCUT2D eigenvalue weighted by atomic mass is 10.0.